The number of morpholine rings is 1. The van der Waals surface area contributed by atoms with Crippen molar-refractivity contribution in [3.8, 4) is 0 Å². The van der Waals surface area contributed by atoms with Crippen molar-refractivity contribution in [3.63, 3.8) is 0 Å². The maximum atomic E-state index is 5.87. The molecule has 0 N–H and O–H groups in total. The molecule has 0 radical (unpaired) electrons. The van der Waals surface area contributed by atoms with Crippen LogP contribution in [0.3, 0.4) is 0 Å². The fourth-order valence-corrected chi connectivity index (χ4v) is 1.88. The van der Waals surface area contributed by atoms with Gasteiger partial charge in [-0.1, -0.05) is 11.6 Å². The first-order valence-corrected chi connectivity index (χ1v) is 6.10. The quantitative estimate of drug-likeness (QED) is 0.469. The molecule has 1 aromatic rings. The Kier molecular flexibility index (Phi) is 4.28. The van der Waals surface area contributed by atoms with Crippen molar-refractivity contribution in [2.75, 3.05) is 26.3 Å². The molecular weight excluding hydrogens is 252 g/mol. The van der Waals surface area contributed by atoms with Gasteiger partial charge in [-0.05, 0) is 25.8 Å². The van der Waals surface area contributed by atoms with E-state index in [0.29, 0.717) is 16.7 Å². The number of hydrogen-bond acceptors (Lipinski definition) is 4. The van der Waals surface area contributed by atoms with Crippen LogP contribution in [0.2, 0.25) is 5.15 Å². The van der Waals surface area contributed by atoms with Crippen molar-refractivity contribution in [2.24, 2.45) is 9.98 Å². The van der Waals surface area contributed by atoms with E-state index in [1.165, 1.54) is 0 Å². The minimum Gasteiger partial charge on any atom is -0.378 e. The Hall–Kier alpha value is -1.46. The summed E-state index contributed by atoms with van der Waals surface area (Å²) >= 11 is 5.87. The molecule has 0 aromatic carbocycles. The summed E-state index contributed by atoms with van der Waals surface area (Å²) in [5.74, 6) is 1.39. The van der Waals surface area contributed by atoms with Crippen molar-refractivity contribution in [2.45, 2.75) is 6.92 Å². The van der Waals surface area contributed by atoms with E-state index >= 15 is 0 Å². The van der Waals surface area contributed by atoms with Gasteiger partial charge in [-0.2, -0.15) is 0 Å². The highest BCUT2D eigenvalue weighted by molar-refractivity contribution is 6.29. The van der Waals surface area contributed by atoms with Gasteiger partial charge in [0.2, 0.25) is 0 Å². The molecular formula is C12H15ClN4O. The van der Waals surface area contributed by atoms with Crippen molar-refractivity contribution < 1.29 is 4.74 Å². The van der Waals surface area contributed by atoms with Gasteiger partial charge in [-0.15, -0.1) is 0 Å². The van der Waals surface area contributed by atoms with Crippen molar-refractivity contribution in [3.05, 3.63) is 17.3 Å². The van der Waals surface area contributed by atoms with E-state index in [4.69, 9.17) is 16.3 Å². The van der Waals surface area contributed by atoms with Gasteiger partial charge in [-0.3, -0.25) is 4.99 Å². The Labute approximate surface area is 111 Å². The summed E-state index contributed by atoms with van der Waals surface area (Å²) in [5.41, 5.74) is 0.631. The summed E-state index contributed by atoms with van der Waals surface area (Å²) in [7, 11) is 0. The van der Waals surface area contributed by atoms with Crippen molar-refractivity contribution in [1.82, 2.24) is 9.88 Å². The highest BCUT2D eigenvalue weighted by atomic mass is 35.5. The topological polar surface area (TPSA) is 50.1 Å². The van der Waals surface area contributed by atoms with Crippen LogP contribution >= 0.6 is 11.6 Å². The number of pyridine rings is 1. The molecule has 1 aromatic heterocycles. The van der Waals surface area contributed by atoms with E-state index in [1.807, 2.05) is 6.92 Å². The molecule has 0 atom stereocenters. The third-order valence-electron chi connectivity index (χ3n) is 2.73. The third-order valence-corrected chi connectivity index (χ3v) is 2.94. The maximum Gasteiger partial charge on any atom is 0.181 e. The second kappa shape index (κ2) is 5.93. The molecule has 5 nitrogen and oxygen atoms in total. The molecule has 1 fully saturated rings. The summed E-state index contributed by atoms with van der Waals surface area (Å²) in [6, 6.07) is 3.43. The number of amidine groups is 1. The van der Waals surface area contributed by atoms with E-state index in [9.17, 15) is 0 Å². The normalized spacial score (nSPS) is 16.8. The molecule has 1 aliphatic rings. The van der Waals surface area contributed by atoms with Crippen LogP contribution in [0.4, 0.5) is 11.5 Å². The molecule has 96 valence electrons. The van der Waals surface area contributed by atoms with Gasteiger partial charge in [0.1, 0.15) is 16.7 Å². The van der Waals surface area contributed by atoms with E-state index in [0.717, 1.165) is 32.1 Å². The number of aliphatic imine (C=N–C) groups is 2. The summed E-state index contributed by atoms with van der Waals surface area (Å²) < 4.78 is 5.30. The Bertz CT molecular complexity index is 469. The third kappa shape index (κ3) is 3.05. The number of aromatic nitrogens is 1. The lowest BCUT2D eigenvalue weighted by Gasteiger charge is -2.28. The molecule has 2 rings (SSSR count). The second-order valence-corrected chi connectivity index (χ2v) is 4.28. The van der Waals surface area contributed by atoms with Crippen LogP contribution in [0, 0.1) is 0 Å². The van der Waals surface area contributed by atoms with Gasteiger partial charge in [0.15, 0.2) is 5.82 Å². The summed E-state index contributed by atoms with van der Waals surface area (Å²) in [5, 5.41) is 0.399. The van der Waals surface area contributed by atoms with Crippen LogP contribution in [-0.4, -0.2) is 48.7 Å². The van der Waals surface area contributed by atoms with Crippen LogP contribution in [0.15, 0.2) is 22.1 Å². The first-order valence-electron chi connectivity index (χ1n) is 5.72. The standard InChI is InChI=1S/C12H15ClN4O/c1-9(17-5-7-18-8-6-17)15-12-10(14-2)3-4-11(13)16-12/h3-4H,2,5-8H2,1H3. The van der Waals surface area contributed by atoms with Gasteiger partial charge in [-0.25, -0.2) is 9.98 Å². The van der Waals surface area contributed by atoms with E-state index < -0.39 is 0 Å². The van der Waals surface area contributed by atoms with Crippen LogP contribution in [0.25, 0.3) is 0 Å². The first kappa shape index (κ1) is 13.0. The Morgan fingerprint density at radius 2 is 2.17 bits per heavy atom. The zero-order valence-corrected chi connectivity index (χ0v) is 11.0. The molecule has 1 aliphatic heterocycles. The lowest BCUT2D eigenvalue weighted by molar-refractivity contribution is 0.0678. The predicted molar refractivity (Wildman–Crippen MR) is 73.6 cm³/mol. The summed E-state index contributed by atoms with van der Waals surface area (Å²) in [6.07, 6.45) is 0. The Morgan fingerprint density at radius 3 is 2.83 bits per heavy atom. The average molecular weight is 267 g/mol. The monoisotopic (exact) mass is 266 g/mol. The highest BCUT2D eigenvalue weighted by Crippen LogP contribution is 2.27. The summed E-state index contributed by atoms with van der Waals surface area (Å²) in [6.45, 7) is 8.58. The van der Waals surface area contributed by atoms with E-state index in [1.54, 1.807) is 12.1 Å². The number of rotatable bonds is 2. The minimum absolute atomic E-state index is 0.399. The van der Waals surface area contributed by atoms with Crippen LogP contribution in [0.1, 0.15) is 6.92 Å². The maximum absolute atomic E-state index is 5.87. The van der Waals surface area contributed by atoms with Crippen molar-refractivity contribution in [1.29, 1.82) is 0 Å². The Morgan fingerprint density at radius 1 is 1.44 bits per heavy atom. The molecule has 0 amide bonds. The molecule has 0 bridgehead atoms. The first-order chi connectivity index (χ1) is 8.70. The molecule has 0 spiro atoms. The van der Waals surface area contributed by atoms with E-state index in [-0.39, 0.29) is 0 Å². The van der Waals surface area contributed by atoms with Gasteiger partial charge >= 0.3 is 0 Å². The smallest absolute Gasteiger partial charge is 0.181 e. The average Bonchev–Trinajstić information content (AvgIpc) is 2.40. The van der Waals surface area contributed by atoms with Crippen LogP contribution in [0.5, 0.6) is 0 Å². The Balaban J connectivity index is 2.25. The lowest BCUT2D eigenvalue weighted by Crippen LogP contribution is -2.39. The highest BCUT2D eigenvalue weighted by Gasteiger charge is 2.12. The van der Waals surface area contributed by atoms with Gasteiger partial charge in [0.05, 0.1) is 13.2 Å². The van der Waals surface area contributed by atoms with Gasteiger partial charge < -0.3 is 9.64 Å². The fraction of sp³-hybridized carbons (Fsp3) is 0.417. The molecule has 0 saturated carbocycles. The molecule has 6 heteroatoms. The molecule has 2 heterocycles. The molecule has 1 saturated heterocycles. The second-order valence-electron chi connectivity index (χ2n) is 3.89. The predicted octanol–water partition coefficient (Wildman–Crippen LogP) is 2.45. The lowest BCUT2D eigenvalue weighted by atomic mass is 10.4. The van der Waals surface area contributed by atoms with E-state index in [2.05, 4.69) is 26.6 Å². The molecule has 18 heavy (non-hydrogen) atoms. The summed E-state index contributed by atoms with van der Waals surface area (Å²) in [4.78, 5) is 14.7. The SMILES string of the molecule is C=Nc1ccc(Cl)nc1N=C(C)N1CCOCC1. The minimum atomic E-state index is 0.399. The fourth-order valence-electron chi connectivity index (χ4n) is 1.73. The number of ether oxygens (including phenoxy) is 1. The zero-order valence-electron chi connectivity index (χ0n) is 10.3. The largest absolute Gasteiger partial charge is 0.378 e. The van der Waals surface area contributed by atoms with Gasteiger partial charge in [0, 0.05) is 13.1 Å². The number of halogens is 1. The molecule has 0 aliphatic carbocycles. The van der Waals surface area contributed by atoms with Gasteiger partial charge in [0.25, 0.3) is 0 Å². The van der Waals surface area contributed by atoms with Crippen LogP contribution < -0.4 is 0 Å². The number of nitrogens with zero attached hydrogens (tertiary/aromatic N) is 4. The van der Waals surface area contributed by atoms with Crippen LogP contribution in [-0.2, 0) is 4.74 Å². The zero-order chi connectivity index (χ0) is 13.0. The van der Waals surface area contributed by atoms with Crippen molar-refractivity contribution >= 4 is 35.7 Å². The molecule has 0 unspecified atom stereocenters. The number of hydrogen-bond donors (Lipinski definition) is 0.